The van der Waals surface area contributed by atoms with Crippen LogP contribution in [0.15, 0.2) is 42.0 Å². The molecule has 2 aromatic carbocycles. The summed E-state index contributed by atoms with van der Waals surface area (Å²) in [7, 11) is 3.02. The van der Waals surface area contributed by atoms with Gasteiger partial charge in [0.2, 0.25) is 0 Å². The van der Waals surface area contributed by atoms with Gasteiger partial charge in [0.25, 0.3) is 11.6 Å². The van der Waals surface area contributed by atoms with Crippen molar-refractivity contribution in [1.29, 1.82) is 5.26 Å². The Balaban J connectivity index is 2.27. The second-order valence-corrected chi connectivity index (χ2v) is 6.33. The Labute approximate surface area is 168 Å². The first-order valence-corrected chi connectivity index (χ1v) is 8.56. The number of nitro benzene ring substituents is 1. The SMILES string of the molecule is COc1cc(/C=C(/C#N)C(=O)Nc2ccc([N+](=O)[O-])cc2)cc(I)c1OC. The van der Waals surface area contributed by atoms with Gasteiger partial charge in [0.1, 0.15) is 11.6 Å². The maximum Gasteiger partial charge on any atom is 0.269 e. The number of nitrogens with one attached hydrogen (secondary N) is 1. The highest BCUT2D eigenvalue weighted by molar-refractivity contribution is 14.1. The standard InChI is InChI=1S/C18H14IN3O5/c1-26-16-9-11(8-15(19)17(16)27-2)7-12(10-20)18(23)21-13-3-5-14(6-4-13)22(24)25/h3-9H,1-2H3,(H,21,23)/b12-7-. The van der Waals surface area contributed by atoms with Crippen LogP contribution in [0.3, 0.4) is 0 Å². The van der Waals surface area contributed by atoms with Gasteiger partial charge in [0.15, 0.2) is 11.5 Å². The first kappa shape index (κ1) is 20.2. The number of nitriles is 1. The summed E-state index contributed by atoms with van der Waals surface area (Å²) in [4.78, 5) is 22.5. The van der Waals surface area contributed by atoms with Gasteiger partial charge in [-0.05, 0) is 58.5 Å². The van der Waals surface area contributed by atoms with Crippen molar-refractivity contribution in [2.75, 3.05) is 19.5 Å². The van der Waals surface area contributed by atoms with Crippen LogP contribution in [0.5, 0.6) is 11.5 Å². The number of nitro groups is 1. The summed E-state index contributed by atoms with van der Waals surface area (Å²) >= 11 is 2.07. The fraction of sp³-hybridized carbons (Fsp3) is 0.111. The normalized spacial score (nSPS) is 10.7. The van der Waals surface area contributed by atoms with Crippen LogP contribution in [0.4, 0.5) is 11.4 Å². The van der Waals surface area contributed by atoms with E-state index in [1.165, 1.54) is 44.6 Å². The number of carbonyl (C=O) groups is 1. The number of halogens is 1. The van der Waals surface area contributed by atoms with Crippen molar-refractivity contribution in [3.05, 3.63) is 61.2 Å². The Hall–Kier alpha value is -3.13. The van der Waals surface area contributed by atoms with Crippen LogP contribution < -0.4 is 14.8 Å². The summed E-state index contributed by atoms with van der Waals surface area (Å²) in [6.45, 7) is 0. The number of benzene rings is 2. The number of amides is 1. The molecule has 138 valence electrons. The minimum absolute atomic E-state index is 0.0936. The third-order valence-electron chi connectivity index (χ3n) is 3.47. The van der Waals surface area contributed by atoms with E-state index in [9.17, 15) is 20.2 Å². The van der Waals surface area contributed by atoms with Crippen molar-refractivity contribution in [3.63, 3.8) is 0 Å². The number of hydrogen-bond donors (Lipinski definition) is 1. The highest BCUT2D eigenvalue weighted by Crippen LogP contribution is 2.34. The maximum atomic E-state index is 12.3. The van der Waals surface area contributed by atoms with Crippen LogP contribution in [0.1, 0.15) is 5.56 Å². The van der Waals surface area contributed by atoms with Crippen molar-refractivity contribution in [3.8, 4) is 17.6 Å². The Morgan fingerprint density at radius 3 is 2.44 bits per heavy atom. The van der Waals surface area contributed by atoms with E-state index in [1.54, 1.807) is 12.1 Å². The molecule has 0 unspecified atom stereocenters. The van der Waals surface area contributed by atoms with Gasteiger partial charge in [-0.25, -0.2) is 0 Å². The van der Waals surface area contributed by atoms with Gasteiger partial charge in [-0.1, -0.05) is 0 Å². The fourth-order valence-corrected chi connectivity index (χ4v) is 3.05. The zero-order chi connectivity index (χ0) is 20.0. The van der Waals surface area contributed by atoms with Gasteiger partial charge >= 0.3 is 0 Å². The second-order valence-electron chi connectivity index (χ2n) is 5.17. The van der Waals surface area contributed by atoms with E-state index in [2.05, 4.69) is 27.9 Å². The second kappa shape index (κ2) is 9.00. The number of carbonyl (C=O) groups excluding carboxylic acids is 1. The van der Waals surface area contributed by atoms with Gasteiger partial charge in [-0.3, -0.25) is 14.9 Å². The predicted octanol–water partition coefficient (Wildman–Crippen LogP) is 3.76. The molecule has 0 saturated carbocycles. The summed E-state index contributed by atoms with van der Waals surface area (Å²) in [6, 6.07) is 10.6. The number of methoxy groups -OCH3 is 2. The van der Waals surface area contributed by atoms with Crippen molar-refractivity contribution >= 4 is 45.9 Å². The van der Waals surface area contributed by atoms with Crippen LogP contribution in [0.25, 0.3) is 6.08 Å². The van der Waals surface area contributed by atoms with Crippen LogP contribution in [-0.4, -0.2) is 25.1 Å². The lowest BCUT2D eigenvalue weighted by molar-refractivity contribution is -0.384. The molecule has 0 heterocycles. The number of non-ortho nitro benzene ring substituents is 1. The molecule has 0 aromatic heterocycles. The Kier molecular flexibility index (Phi) is 6.73. The monoisotopic (exact) mass is 479 g/mol. The lowest BCUT2D eigenvalue weighted by atomic mass is 10.1. The summed E-state index contributed by atoms with van der Waals surface area (Å²) in [6.07, 6.45) is 1.42. The number of anilines is 1. The van der Waals surface area contributed by atoms with Gasteiger partial charge in [-0.2, -0.15) is 5.26 Å². The zero-order valence-electron chi connectivity index (χ0n) is 14.4. The highest BCUT2D eigenvalue weighted by atomic mass is 127. The van der Waals surface area contributed by atoms with E-state index in [0.29, 0.717) is 22.7 Å². The maximum absolute atomic E-state index is 12.3. The molecule has 0 spiro atoms. The minimum Gasteiger partial charge on any atom is -0.493 e. The van der Waals surface area contributed by atoms with E-state index < -0.39 is 10.8 Å². The molecule has 0 aliphatic rings. The van der Waals surface area contributed by atoms with Crippen molar-refractivity contribution in [1.82, 2.24) is 0 Å². The van der Waals surface area contributed by atoms with Crippen LogP contribution in [0, 0.1) is 25.0 Å². The van der Waals surface area contributed by atoms with Crippen LogP contribution in [0.2, 0.25) is 0 Å². The van der Waals surface area contributed by atoms with E-state index >= 15 is 0 Å². The molecular weight excluding hydrogens is 465 g/mol. The molecule has 2 aromatic rings. The topological polar surface area (TPSA) is 114 Å². The van der Waals surface area contributed by atoms with Crippen molar-refractivity contribution < 1.29 is 19.2 Å². The molecule has 0 saturated heterocycles. The van der Waals surface area contributed by atoms with E-state index in [4.69, 9.17) is 9.47 Å². The number of rotatable bonds is 6. The summed E-state index contributed by atoms with van der Waals surface area (Å²) in [5.41, 5.74) is 0.710. The van der Waals surface area contributed by atoms with Gasteiger partial charge in [-0.15, -0.1) is 0 Å². The van der Waals surface area contributed by atoms with Crippen LogP contribution in [-0.2, 0) is 4.79 Å². The van der Waals surface area contributed by atoms with Gasteiger partial charge in [0.05, 0.1) is 22.7 Å². The third kappa shape index (κ3) is 4.95. The molecule has 1 amide bonds. The Morgan fingerprint density at radius 2 is 1.93 bits per heavy atom. The Bertz CT molecular complexity index is 949. The molecule has 0 atom stereocenters. The van der Waals surface area contributed by atoms with Crippen LogP contribution >= 0.6 is 22.6 Å². The largest absolute Gasteiger partial charge is 0.493 e. The van der Waals surface area contributed by atoms with Gasteiger partial charge in [0, 0.05) is 17.8 Å². The quantitative estimate of drug-likeness (QED) is 0.222. The van der Waals surface area contributed by atoms with E-state index in [0.717, 1.165) is 3.57 Å². The smallest absolute Gasteiger partial charge is 0.269 e. The minimum atomic E-state index is -0.629. The molecule has 9 heteroatoms. The number of ether oxygens (including phenoxy) is 2. The molecule has 0 radical (unpaired) electrons. The highest BCUT2D eigenvalue weighted by Gasteiger charge is 2.14. The molecule has 0 aliphatic carbocycles. The predicted molar refractivity (Wildman–Crippen MR) is 108 cm³/mol. The average Bonchev–Trinajstić information content (AvgIpc) is 2.65. The lowest BCUT2D eigenvalue weighted by Crippen LogP contribution is -2.13. The van der Waals surface area contributed by atoms with E-state index in [1.807, 2.05) is 6.07 Å². The van der Waals surface area contributed by atoms with Gasteiger partial charge < -0.3 is 14.8 Å². The zero-order valence-corrected chi connectivity index (χ0v) is 16.5. The first-order chi connectivity index (χ1) is 12.9. The van der Waals surface area contributed by atoms with Crippen molar-refractivity contribution in [2.45, 2.75) is 0 Å². The third-order valence-corrected chi connectivity index (χ3v) is 4.27. The summed E-state index contributed by atoms with van der Waals surface area (Å²) in [5, 5.41) is 22.5. The van der Waals surface area contributed by atoms with E-state index in [-0.39, 0.29) is 11.3 Å². The average molecular weight is 479 g/mol. The summed E-state index contributed by atoms with van der Waals surface area (Å²) < 4.78 is 11.3. The summed E-state index contributed by atoms with van der Waals surface area (Å²) in [5.74, 6) is 0.406. The molecule has 8 nitrogen and oxygen atoms in total. The molecular formula is C18H14IN3O5. The van der Waals surface area contributed by atoms with Crippen molar-refractivity contribution in [2.24, 2.45) is 0 Å². The molecule has 0 fully saturated rings. The Morgan fingerprint density at radius 1 is 1.26 bits per heavy atom. The lowest BCUT2D eigenvalue weighted by Gasteiger charge is -2.11. The fourth-order valence-electron chi connectivity index (χ4n) is 2.20. The molecule has 27 heavy (non-hydrogen) atoms. The molecule has 0 aliphatic heterocycles. The first-order valence-electron chi connectivity index (χ1n) is 7.48. The molecule has 0 bridgehead atoms. The molecule has 2 rings (SSSR count). The molecule has 1 N–H and O–H groups in total. The number of hydrogen-bond acceptors (Lipinski definition) is 6. The number of nitrogens with zero attached hydrogens (tertiary/aromatic N) is 2.